The second-order valence-corrected chi connectivity index (χ2v) is 7.10. The molecule has 9 heteroatoms. The molecule has 0 aliphatic rings. The van der Waals surface area contributed by atoms with E-state index in [0.29, 0.717) is 22.3 Å². The van der Waals surface area contributed by atoms with Crippen molar-refractivity contribution in [1.82, 2.24) is 20.1 Å². The van der Waals surface area contributed by atoms with Crippen LogP contribution in [-0.4, -0.2) is 51.5 Å². The van der Waals surface area contributed by atoms with E-state index >= 15 is 0 Å². The van der Waals surface area contributed by atoms with Crippen molar-refractivity contribution >= 4 is 34.2 Å². The van der Waals surface area contributed by atoms with Crippen molar-refractivity contribution in [3.8, 4) is 10.6 Å². The van der Waals surface area contributed by atoms with Crippen LogP contribution in [0, 0.1) is 0 Å². The number of rotatable bonds is 8. The number of carboxylic acid groups (broad SMARTS) is 1. The zero-order chi connectivity index (χ0) is 19.4. The minimum atomic E-state index is -1.04. The van der Waals surface area contributed by atoms with Crippen LogP contribution in [0.15, 0.2) is 29.8 Å². The molecule has 0 unspecified atom stereocenters. The van der Waals surface area contributed by atoms with Crippen LogP contribution in [0.2, 0.25) is 0 Å². The highest BCUT2D eigenvalue weighted by atomic mass is 32.1. The van der Waals surface area contributed by atoms with E-state index in [1.807, 2.05) is 31.4 Å². The summed E-state index contributed by atoms with van der Waals surface area (Å²) in [5, 5.41) is 18.3. The molecule has 0 saturated heterocycles. The molecule has 0 spiro atoms. The van der Waals surface area contributed by atoms with Gasteiger partial charge < -0.3 is 15.2 Å². The Labute approximate surface area is 159 Å². The van der Waals surface area contributed by atoms with Gasteiger partial charge in [0, 0.05) is 12.6 Å². The Morgan fingerprint density at radius 2 is 2.22 bits per heavy atom. The third-order valence-corrected chi connectivity index (χ3v) is 4.72. The molecule has 2 N–H and O–H groups in total. The molecule has 8 nitrogen and oxygen atoms in total. The molecule has 0 radical (unpaired) electrons. The lowest BCUT2D eigenvalue weighted by molar-refractivity contribution is -0.142. The molecular formula is C18H20N4O4S. The number of aliphatic carboxylic acids is 1. The van der Waals surface area contributed by atoms with Crippen LogP contribution in [0.25, 0.3) is 21.6 Å². The van der Waals surface area contributed by atoms with Crippen LogP contribution in [0.5, 0.6) is 0 Å². The number of hydrogen-bond donors (Lipinski definition) is 2. The van der Waals surface area contributed by atoms with E-state index in [2.05, 4.69) is 10.4 Å². The average molecular weight is 388 g/mol. The molecule has 0 fully saturated rings. The van der Waals surface area contributed by atoms with Crippen molar-refractivity contribution in [2.75, 3.05) is 19.8 Å². The number of nitrogens with one attached hydrogen (secondary N) is 1. The highest BCUT2D eigenvalue weighted by Gasteiger charge is 2.18. The van der Waals surface area contributed by atoms with Crippen molar-refractivity contribution in [3.63, 3.8) is 0 Å². The van der Waals surface area contributed by atoms with E-state index in [1.54, 1.807) is 28.3 Å². The summed E-state index contributed by atoms with van der Waals surface area (Å²) >= 11 is 1.55. The summed E-state index contributed by atoms with van der Waals surface area (Å²) in [6, 6.07) is 5.75. The minimum absolute atomic E-state index is 0.105. The molecule has 0 aliphatic carbocycles. The molecule has 0 saturated carbocycles. The van der Waals surface area contributed by atoms with Gasteiger partial charge in [-0.25, -0.2) is 14.5 Å². The zero-order valence-electron chi connectivity index (χ0n) is 15.0. The summed E-state index contributed by atoms with van der Waals surface area (Å²) in [5.74, 6) is -1.32. The van der Waals surface area contributed by atoms with Crippen LogP contribution in [0.4, 0.5) is 0 Å². The van der Waals surface area contributed by atoms with Crippen molar-refractivity contribution < 1.29 is 19.4 Å². The molecule has 0 atom stereocenters. The number of nitrogens with zero attached hydrogens (tertiary/aromatic N) is 3. The molecule has 142 valence electrons. The van der Waals surface area contributed by atoms with Gasteiger partial charge in [-0.2, -0.15) is 5.10 Å². The number of ether oxygens (including phenoxy) is 1. The number of carboxylic acids is 1. The van der Waals surface area contributed by atoms with Crippen LogP contribution in [0.3, 0.4) is 0 Å². The fraction of sp³-hybridized carbons (Fsp3) is 0.333. The maximum atomic E-state index is 12.7. The monoisotopic (exact) mass is 388 g/mol. The van der Waals surface area contributed by atoms with Gasteiger partial charge in [0.15, 0.2) is 5.65 Å². The quantitative estimate of drug-likeness (QED) is 0.575. The van der Waals surface area contributed by atoms with Gasteiger partial charge in [0.1, 0.15) is 6.61 Å². The lowest BCUT2D eigenvalue weighted by Gasteiger charge is -2.10. The zero-order valence-corrected chi connectivity index (χ0v) is 15.8. The Kier molecular flexibility index (Phi) is 5.82. The first-order valence-corrected chi connectivity index (χ1v) is 9.35. The fourth-order valence-corrected chi connectivity index (χ4v) is 3.31. The van der Waals surface area contributed by atoms with Crippen molar-refractivity contribution in [2.24, 2.45) is 0 Å². The summed E-state index contributed by atoms with van der Waals surface area (Å²) in [7, 11) is 0. The molecule has 0 aromatic carbocycles. The lowest BCUT2D eigenvalue weighted by atomic mass is 10.1. The van der Waals surface area contributed by atoms with Gasteiger partial charge in [0.05, 0.1) is 34.3 Å². The van der Waals surface area contributed by atoms with Gasteiger partial charge in [-0.05, 0) is 31.4 Å². The van der Waals surface area contributed by atoms with Gasteiger partial charge in [-0.3, -0.25) is 4.79 Å². The molecular weight excluding hydrogens is 368 g/mol. The Balaban J connectivity index is 1.89. The molecule has 3 aromatic rings. The van der Waals surface area contributed by atoms with E-state index in [0.717, 1.165) is 4.88 Å². The van der Waals surface area contributed by atoms with Crippen LogP contribution >= 0.6 is 11.3 Å². The fourth-order valence-electron chi connectivity index (χ4n) is 2.63. The summed E-state index contributed by atoms with van der Waals surface area (Å²) in [6.45, 7) is 3.95. The standard InChI is InChI=1S/C18H20N4O4S/c1-11(2)22-17-13(9-20-22)12(8-14(21-17)15-4-3-7-27-15)18(25)19-5-6-26-10-16(23)24/h3-4,7-9,11H,5-6,10H2,1-2H3,(H,19,25)(H,23,24). The SMILES string of the molecule is CC(C)n1ncc2c(C(=O)NCCOCC(=O)O)cc(-c3cccs3)nc21. The minimum Gasteiger partial charge on any atom is -0.480 e. The molecule has 0 aliphatic heterocycles. The largest absolute Gasteiger partial charge is 0.480 e. The van der Waals surface area contributed by atoms with E-state index < -0.39 is 5.97 Å². The third-order valence-electron chi connectivity index (χ3n) is 3.83. The topological polar surface area (TPSA) is 106 Å². The maximum Gasteiger partial charge on any atom is 0.329 e. The normalized spacial score (nSPS) is 11.2. The number of pyridine rings is 1. The Morgan fingerprint density at radius 3 is 2.89 bits per heavy atom. The highest BCUT2D eigenvalue weighted by Crippen LogP contribution is 2.28. The summed E-state index contributed by atoms with van der Waals surface area (Å²) in [5.41, 5.74) is 1.85. The number of amides is 1. The van der Waals surface area contributed by atoms with E-state index in [1.165, 1.54) is 0 Å². The number of fused-ring (bicyclic) bond motifs is 1. The molecule has 27 heavy (non-hydrogen) atoms. The Morgan fingerprint density at radius 1 is 1.41 bits per heavy atom. The number of carbonyl (C=O) groups is 2. The smallest absolute Gasteiger partial charge is 0.329 e. The first-order valence-electron chi connectivity index (χ1n) is 8.47. The summed E-state index contributed by atoms with van der Waals surface area (Å²) in [4.78, 5) is 28.8. The van der Waals surface area contributed by atoms with Gasteiger partial charge in [-0.1, -0.05) is 6.07 Å². The summed E-state index contributed by atoms with van der Waals surface area (Å²) in [6.07, 6.45) is 1.65. The Hall–Kier alpha value is -2.78. The Bertz CT molecular complexity index is 950. The van der Waals surface area contributed by atoms with Crippen molar-refractivity contribution in [1.29, 1.82) is 0 Å². The lowest BCUT2D eigenvalue weighted by Crippen LogP contribution is -2.28. The van der Waals surface area contributed by atoms with Crippen LogP contribution in [-0.2, 0) is 9.53 Å². The third kappa shape index (κ3) is 4.32. The van der Waals surface area contributed by atoms with E-state index in [-0.39, 0.29) is 31.7 Å². The van der Waals surface area contributed by atoms with E-state index in [4.69, 9.17) is 14.8 Å². The predicted molar refractivity (Wildman–Crippen MR) is 102 cm³/mol. The average Bonchev–Trinajstić information content (AvgIpc) is 3.29. The van der Waals surface area contributed by atoms with Crippen LogP contribution < -0.4 is 5.32 Å². The first kappa shape index (κ1) is 19.0. The molecule has 3 rings (SSSR count). The summed E-state index contributed by atoms with van der Waals surface area (Å²) < 4.78 is 6.74. The predicted octanol–water partition coefficient (Wildman–Crippen LogP) is 2.57. The number of aromatic nitrogens is 3. The molecule has 1 amide bonds. The van der Waals surface area contributed by atoms with Crippen LogP contribution in [0.1, 0.15) is 30.2 Å². The molecule has 0 bridgehead atoms. The number of thiophene rings is 1. The molecule has 3 aromatic heterocycles. The highest BCUT2D eigenvalue weighted by molar-refractivity contribution is 7.13. The van der Waals surface area contributed by atoms with Gasteiger partial charge in [0.25, 0.3) is 5.91 Å². The number of hydrogen-bond acceptors (Lipinski definition) is 6. The van der Waals surface area contributed by atoms with Crippen molar-refractivity contribution in [2.45, 2.75) is 19.9 Å². The van der Waals surface area contributed by atoms with E-state index in [9.17, 15) is 9.59 Å². The van der Waals surface area contributed by atoms with Crippen molar-refractivity contribution in [3.05, 3.63) is 35.3 Å². The first-order chi connectivity index (χ1) is 13.0. The van der Waals surface area contributed by atoms with Gasteiger partial charge in [-0.15, -0.1) is 11.3 Å². The second-order valence-electron chi connectivity index (χ2n) is 6.15. The van der Waals surface area contributed by atoms with Gasteiger partial charge in [0.2, 0.25) is 0 Å². The van der Waals surface area contributed by atoms with Gasteiger partial charge >= 0.3 is 5.97 Å². The second kappa shape index (κ2) is 8.28. The maximum absolute atomic E-state index is 12.7. The number of carbonyl (C=O) groups excluding carboxylic acids is 1. The molecule has 3 heterocycles.